The van der Waals surface area contributed by atoms with Gasteiger partial charge < -0.3 is 18.9 Å². The van der Waals surface area contributed by atoms with E-state index in [-0.39, 0.29) is 54.7 Å². The Hall–Kier alpha value is -1.80. The lowest BCUT2D eigenvalue weighted by molar-refractivity contribution is -0.370. The van der Waals surface area contributed by atoms with E-state index in [0.29, 0.717) is 73.6 Å². The second kappa shape index (κ2) is 12.4. The van der Waals surface area contributed by atoms with Crippen molar-refractivity contribution in [2.75, 3.05) is 26.4 Å². The van der Waals surface area contributed by atoms with Gasteiger partial charge in [0, 0.05) is 35.5 Å². The quantitative estimate of drug-likeness (QED) is 0.250. The molecule has 8 aliphatic carbocycles. The Morgan fingerprint density at radius 1 is 0.694 bits per heavy atom. The highest BCUT2D eigenvalue weighted by atomic mass is 16.7. The van der Waals surface area contributed by atoms with E-state index in [1.807, 2.05) is 6.92 Å². The first-order valence-electron chi connectivity index (χ1n) is 20.1. The van der Waals surface area contributed by atoms with Crippen LogP contribution in [0.25, 0.3) is 0 Å². The van der Waals surface area contributed by atoms with E-state index in [2.05, 4.69) is 20.8 Å². The molecule has 1 heterocycles. The third-order valence-electron chi connectivity index (χ3n) is 15.5. The molecule has 272 valence electrons. The highest BCUT2D eigenvalue weighted by Crippen LogP contribution is 2.60. The minimum absolute atomic E-state index is 0.0100. The molecule has 8 saturated carbocycles. The van der Waals surface area contributed by atoms with Crippen molar-refractivity contribution in [3.05, 3.63) is 0 Å². The SMILES string of the molecule is CCC1CC2CC(C)C3(OCC(COC(=O)C4(C)CC5CC(CC)C(=O)C(C5)C4)(COC(=O)C45CC6CC(C4)C(=O)C(C6)C5)CO3)C(C1)C2. The number of Topliss-reactive ketones (excluding diaryl/α,β-unsaturated/α-hetero) is 2. The number of hydrogen-bond acceptors (Lipinski definition) is 8. The zero-order valence-corrected chi connectivity index (χ0v) is 30.5. The molecular formula is C41H60O8. The molecule has 9 rings (SSSR count). The van der Waals surface area contributed by atoms with Gasteiger partial charge in [-0.2, -0.15) is 0 Å². The maximum Gasteiger partial charge on any atom is 0.312 e. The van der Waals surface area contributed by atoms with Crippen LogP contribution in [-0.2, 0) is 38.1 Å². The second-order valence-corrected chi connectivity index (χ2v) is 19.2. The summed E-state index contributed by atoms with van der Waals surface area (Å²) in [5, 5.41) is 0. The molecule has 8 bridgehead atoms. The number of rotatable bonds is 8. The van der Waals surface area contributed by atoms with Gasteiger partial charge in [-0.3, -0.25) is 19.2 Å². The van der Waals surface area contributed by atoms with Crippen LogP contribution in [-0.4, -0.2) is 55.7 Å². The maximum atomic E-state index is 14.0. The zero-order chi connectivity index (χ0) is 34.3. The van der Waals surface area contributed by atoms with Crippen molar-refractivity contribution in [3.63, 3.8) is 0 Å². The van der Waals surface area contributed by atoms with Crippen molar-refractivity contribution in [3.8, 4) is 0 Å². The van der Waals surface area contributed by atoms with Gasteiger partial charge in [0.15, 0.2) is 5.79 Å². The summed E-state index contributed by atoms with van der Waals surface area (Å²) in [6, 6.07) is 0. The van der Waals surface area contributed by atoms with Crippen LogP contribution in [0.15, 0.2) is 0 Å². The Balaban J connectivity index is 0.990. The molecule has 8 nitrogen and oxygen atoms in total. The average molecular weight is 681 g/mol. The summed E-state index contributed by atoms with van der Waals surface area (Å²) in [6.45, 7) is 9.32. The lowest BCUT2D eigenvalue weighted by atomic mass is 9.49. The van der Waals surface area contributed by atoms with Crippen LogP contribution in [0.4, 0.5) is 0 Å². The number of ether oxygens (including phenoxy) is 4. The molecular weight excluding hydrogens is 620 g/mol. The lowest BCUT2D eigenvalue weighted by Gasteiger charge is -2.57. The van der Waals surface area contributed by atoms with Gasteiger partial charge in [0.25, 0.3) is 0 Å². The molecule has 1 aliphatic heterocycles. The largest absolute Gasteiger partial charge is 0.464 e. The van der Waals surface area contributed by atoms with Gasteiger partial charge in [0.05, 0.1) is 29.5 Å². The second-order valence-electron chi connectivity index (χ2n) is 19.2. The van der Waals surface area contributed by atoms with Crippen LogP contribution in [0.1, 0.15) is 124 Å². The van der Waals surface area contributed by atoms with Gasteiger partial charge in [-0.1, -0.05) is 27.2 Å². The molecule has 0 aromatic heterocycles. The smallest absolute Gasteiger partial charge is 0.312 e. The summed E-state index contributed by atoms with van der Waals surface area (Å²) in [4.78, 5) is 54.0. The Bertz CT molecular complexity index is 1330. The minimum Gasteiger partial charge on any atom is -0.464 e. The summed E-state index contributed by atoms with van der Waals surface area (Å²) in [6.07, 6.45) is 13.5. The molecule has 0 N–H and O–H groups in total. The van der Waals surface area contributed by atoms with Gasteiger partial charge in [0.2, 0.25) is 0 Å². The Morgan fingerprint density at radius 3 is 1.98 bits per heavy atom. The summed E-state index contributed by atoms with van der Waals surface area (Å²) in [7, 11) is 0. The highest BCUT2D eigenvalue weighted by molar-refractivity contribution is 5.90. The van der Waals surface area contributed by atoms with Gasteiger partial charge in [-0.25, -0.2) is 0 Å². The Morgan fingerprint density at radius 2 is 1.33 bits per heavy atom. The molecule has 1 spiro atoms. The molecule has 0 aromatic rings. The molecule has 0 amide bonds. The van der Waals surface area contributed by atoms with Crippen molar-refractivity contribution in [2.45, 2.75) is 130 Å². The fraction of sp³-hybridized carbons (Fsp3) is 0.902. The number of carbonyl (C=O) groups is 4. The van der Waals surface area contributed by atoms with Crippen LogP contribution in [0.5, 0.6) is 0 Å². The fourth-order valence-electron chi connectivity index (χ4n) is 13.2. The van der Waals surface area contributed by atoms with Crippen molar-refractivity contribution < 1.29 is 38.1 Å². The lowest BCUT2D eigenvalue weighted by Crippen LogP contribution is -2.62. The summed E-state index contributed by atoms with van der Waals surface area (Å²) >= 11 is 0. The summed E-state index contributed by atoms with van der Waals surface area (Å²) < 4.78 is 26.4. The normalized spacial score (nSPS) is 50.0. The molecule has 9 aliphatic rings. The number of esters is 2. The molecule has 10 unspecified atom stereocenters. The molecule has 9 fully saturated rings. The van der Waals surface area contributed by atoms with Crippen LogP contribution < -0.4 is 0 Å². The first-order chi connectivity index (χ1) is 23.4. The van der Waals surface area contributed by atoms with E-state index in [1.54, 1.807) is 0 Å². The van der Waals surface area contributed by atoms with Gasteiger partial charge in [-0.05, 0) is 120 Å². The van der Waals surface area contributed by atoms with E-state index in [9.17, 15) is 19.2 Å². The molecule has 8 heteroatoms. The predicted molar refractivity (Wildman–Crippen MR) is 181 cm³/mol. The number of fused-ring (bicyclic) bond motifs is 5. The zero-order valence-electron chi connectivity index (χ0n) is 30.5. The molecule has 49 heavy (non-hydrogen) atoms. The van der Waals surface area contributed by atoms with E-state index >= 15 is 0 Å². The predicted octanol–water partition coefficient (Wildman–Crippen LogP) is 7.10. The Kier molecular flexibility index (Phi) is 8.69. The highest BCUT2D eigenvalue weighted by Gasteiger charge is 2.61. The minimum atomic E-state index is -0.825. The van der Waals surface area contributed by atoms with E-state index < -0.39 is 22.0 Å². The Labute approximate surface area is 292 Å². The molecule has 1 saturated heterocycles. The first-order valence-corrected chi connectivity index (χ1v) is 20.1. The van der Waals surface area contributed by atoms with Gasteiger partial charge in [-0.15, -0.1) is 0 Å². The average Bonchev–Trinajstić information content (AvgIpc) is 3.09. The third-order valence-corrected chi connectivity index (χ3v) is 15.5. The summed E-state index contributed by atoms with van der Waals surface area (Å²) in [5.41, 5.74) is -2.12. The third kappa shape index (κ3) is 5.76. The van der Waals surface area contributed by atoms with Crippen LogP contribution in [0, 0.1) is 75.4 Å². The maximum absolute atomic E-state index is 14.0. The van der Waals surface area contributed by atoms with Crippen molar-refractivity contribution in [1.29, 1.82) is 0 Å². The molecule has 0 aromatic carbocycles. The number of carbonyl (C=O) groups excluding carboxylic acids is 4. The van der Waals surface area contributed by atoms with Gasteiger partial charge in [0.1, 0.15) is 24.8 Å². The first kappa shape index (κ1) is 34.3. The fourth-order valence-corrected chi connectivity index (χ4v) is 13.2. The van der Waals surface area contributed by atoms with Gasteiger partial charge >= 0.3 is 11.9 Å². The van der Waals surface area contributed by atoms with Crippen molar-refractivity contribution in [1.82, 2.24) is 0 Å². The van der Waals surface area contributed by atoms with E-state index in [1.165, 1.54) is 12.8 Å². The van der Waals surface area contributed by atoms with Crippen molar-refractivity contribution in [2.24, 2.45) is 75.4 Å². The topological polar surface area (TPSA) is 105 Å². The summed E-state index contributed by atoms with van der Waals surface area (Å²) in [5.74, 6) is 2.36. The molecule has 10 atom stereocenters. The van der Waals surface area contributed by atoms with Crippen LogP contribution in [0.2, 0.25) is 0 Å². The van der Waals surface area contributed by atoms with Crippen LogP contribution >= 0.6 is 0 Å². The monoisotopic (exact) mass is 680 g/mol. The number of hydrogen-bond donors (Lipinski definition) is 0. The number of ketones is 2. The van der Waals surface area contributed by atoms with Crippen LogP contribution in [0.3, 0.4) is 0 Å². The van der Waals surface area contributed by atoms with E-state index in [0.717, 1.165) is 64.2 Å². The van der Waals surface area contributed by atoms with E-state index in [4.69, 9.17) is 18.9 Å². The van der Waals surface area contributed by atoms with Crippen molar-refractivity contribution >= 4 is 23.5 Å². The molecule has 0 radical (unpaired) electrons. The standard InChI is InChI=1S/C41H60O8/c1-5-25-8-26-7-24(3)41(33(13-25)14-26)48-22-39(23-49-41,21-47-37(45)40-16-28-11-31(18-40)35(43)32(12-28)19-40)20-46-36(44)38(4)15-27-9-29(6-2)34(42)30(10-27)17-38/h24-33H,5-23H2,1-4H3.